The van der Waals surface area contributed by atoms with E-state index in [9.17, 15) is 14.7 Å². The second kappa shape index (κ2) is 12.6. The molecule has 190 valence electrons. The van der Waals surface area contributed by atoms with Crippen LogP contribution in [0.4, 0.5) is 5.69 Å². The zero-order valence-electron chi connectivity index (χ0n) is 21.4. The Hall–Kier alpha value is -3.06. The van der Waals surface area contributed by atoms with Crippen LogP contribution in [0.3, 0.4) is 0 Å². The molecule has 0 fully saturated rings. The fourth-order valence-corrected chi connectivity index (χ4v) is 4.28. The van der Waals surface area contributed by atoms with Crippen LogP contribution in [0.25, 0.3) is 11.1 Å². The minimum absolute atomic E-state index is 0.258. The molecule has 2 N–H and O–H groups in total. The Kier molecular flexibility index (Phi) is 9.55. The van der Waals surface area contributed by atoms with Crippen molar-refractivity contribution >= 4 is 17.6 Å². The zero-order valence-corrected chi connectivity index (χ0v) is 21.4. The Bertz CT molecular complexity index is 1010. The van der Waals surface area contributed by atoms with Crippen molar-refractivity contribution in [1.82, 2.24) is 10.2 Å². The number of anilines is 1. The number of carbonyl (C=O) groups excluding carboxylic acids is 1. The van der Waals surface area contributed by atoms with E-state index in [4.69, 9.17) is 4.74 Å². The number of aliphatic carboxylic acids is 1. The van der Waals surface area contributed by atoms with Gasteiger partial charge in [-0.2, -0.15) is 0 Å². The van der Waals surface area contributed by atoms with E-state index in [1.165, 1.54) is 4.90 Å². The molecule has 0 saturated carbocycles. The van der Waals surface area contributed by atoms with Gasteiger partial charge >= 0.3 is 11.9 Å². The summed E-state index contributed by atoms with van der Waals surface area (Å²) in [6.07, 6.45) is 0.960. The highest BCUT2D eigenvalue weighted by molar-refractivity contribution is 6.31. The summed E-state index contributed by atoms with van der Waals surface area (Å²) in [4.78, 5) is 27.7. The summed E-state index contributed by atoms with van der Waals surface area (Å²) in [5, 5.41) is 12.7. The van der Waals surface area contributed by atoms with Gasteiger partial charge in [-0.1, -0.05) is 52.0 Å². The van der Waals surface area contributed by atoms with Gasteiger partial charge in [0.15, 0.2) is 0 Å². The van der Waals surface area contributed by atoms with E-state index < -0.39 is 11.9 Å². The lowest BCUT2D eigenvalue weighted by Gasteiger charge is -2.30. The number of hydrogen-bond acceptors (Lipinski definition) is 5. The molecule has 2 aromatic rings. The van der Waals surface area contributed by atoms with E-state index in [0.717, 1.165) is 54.2 Å². The lowest BCUT2D eigenvalue weighted by atomic mass is 10.00. The molecule has 0 spiro atoms. The van der Waals surface area contributed by atoms with Crippen LogP contribution in [0.5, 0.6) is 5.75 Å². The first-order valence-electron chi connectivity index (χ1n) is 12.6. The first-order chi connectivity index (χ1) is 16.7. The summed E-state index contributed by atoms with van der Waals surface area (Å²) in [5.74, 6) is -0.547. The van der Waals surface area contributed by atoms with Gasteiger partial charge in [0.25, 0.3) is 0 Å². The lowest BCUT2D eigenvalue weighted by molar-refractivity contribution is -0.156. The second-order valence-corrected chi connectivity index (χ2v) is 10.1. The summed E-state index contributed by atoms with van der Waals surface area (Å²) in [7, 11) is 0. The van der Waals surface area contributed by atoms with Gasteiger partial charge < -0.3 is 25.0 Å². The molecule has 2 aromatic carbocycles. The molecule has 35 heavy (non-hydrogen) atoms. The SMILES string of the molecule is CC(C)COc1cccc(-c2ccc3c(c2)N(CC(C)C)CCCNCCN(C(=O)C(=O)O)C3)c1. The van der Waals surface area contributed by atoms with Crippen molar-refractivity contribution < 1.29 is 19.4 Å². The minimum atomic E-state index is -1.42. The van der Waals surface area contributed by atoms with Crippen LogP contribution in [-0.2, 0) is 16.1 Å². The molecule has 0 atom stereocenters. The Balaban J connectivity index is 2.02. The number of nitrogens with one attached hydrogen (secondary N) is 1. The van der Waals surface area contributed by atoms with Crippen LogP contribution in [0, 0.1) is 11.8 Å². The fraction of sp³-hybridized carbons (Fsp3) is 0.500. The van der Waals surface area contributed by atoms with E-state index >= 15 is 0 Å². The molecule has 7 heteroatoms. The predicted octanol–water partition coefficient (Wildman–Crippen LogP) is 4.26. The third-order valence-corrected chi connectivity index (χ3v) is 5.93. The smallest absolute Gasteiger partial charge is 0.394 e. The van der Waals surface area contributed by atoms with Crippen LogP contribution in [0.2, 0.25) is 0 Å². The summed E-state index contributed by atoms with van der Waals surface area (Å²) in [6, 6.07) is 14.4. The molecule has 0 saturated heterocycles. The summed E-state index contributed by atoms with van der Waals surface area (Å²) >= 11 is 0. The van der Waals surface area contributed by atoms with Gasteiger partial charge in [0.1, 0.15) is 5.75 Å². The van der Waals surface area contributed by atoms with E-state index in [1.807, 2.05) is 18.2 Å². The van der Waals surface area contributed by atoms with E-state index in [-0.39, 0.29) is 6.54 Å². The van der Waals surface area contributed by atoms with E-state index in [2.05, 4.69) is 62.2 Å². The topological polar surface area (TPSA) is 82.1 Å². The highest BCUT2D eigenvalue weighted by Crippen LogP contribution is 2.32. The fourth-order valence-electron chi connectivity index (χ4n) is 4.28. The second-order valence-electron chi connectivity index (χ2n) is 10.1. The monoisotopic (exact) mass is 481 g/mol. The molecular weight excluding hydrogens is 442 g/mol. The van der Waals surface area contributed by atoms with Crippen molar-refractivity contribution in [2.24, 2.45) is 11.8 Å². The number of hydrogen-bond donors (Lipinski definition) is 2. The maximum absolute atomic E-state index is 12.4. The highest BCUT2D eigenvalue weighted by atomic mass is 16.5. The third kappa shape index (κ3) is 7.72. The molecule has 0 bridgehead atoms. The molecule has 1 amide bonds. The average molecular weight is 482 g/mol. The normalized spacial score (nSPS) is 15.0. The molecule has 1 aliphatic rings. The van der Waals surface area contributed by atoms with Crippen molar-refractivity contribution in [3.63, 3.8) is 0 Å². The van der Waals surface area contributed by atoms with Crippen molar-refractivity contribution in [3.8, 4) is 16.9 Å². The molecule has 0 aromatic heterocycles. The maximum Gasteiger partial charge on any atom is 0.394 e. The Morgan fingerprint density at radius 1 is 1.00 bits per heavy atom. The highest BCUT2D eigenvalue weighted by Gasteiger charge is 2.24. The van der Waals surface area contributed by atoms with Crippen LogP contribution in [0.15, 0.2) is 42.5 Å². The summed E-state index contributed by atoms with van der Waals surface area (Å²) in [5.41, 5.74) is 4.14. The Morgan fingerprint density at radius 2 is 1.77 bits per heavy atom. The molecule has 1 heterocycles. The van der Waals surface area contributed by atoms with Crippen molar-refractivity contribution in [1.29, 1.82) is 0 Å². The lowest BCUT2D eigenvalue weighted by Crippen LogP contribution is -2.40. The van der Waals surface area contributed by atoms with Gasteiger partial charge in [0, 0.05) is 38.4 Å². The first-order valence-corrected chi connectivity index (χ1v) is 12.6. The van der Waals surface area contributed by atoms with Crippen LogP contribution in [-0.4, -0.2) is 61.2 Å². The number of fused-ring (bicyclic) bond motifs is 1. The summed E-state index contributed by atoms with van der Waals surface area (Å²) < 4.78 is 5.94. The summed E-state index contributed by atoms with van der Waals surface area (Å²) in [6.45, 7) is 13.1. The number of carboxylic acid groups (broad SMARTS) is 1. The van der Waals surface area contributed by atoms with Gasteiger partial charge in [0.2, 0.25) is 0 Å². The van der Waals surface area contributed by atoms with E-state index in [1.54, 1.807) is 0 Å². The molecule has 3 rings (SSSR count). The van der Waals surface area contributed by atoms with Gasteiger partial charge in [0.05, 0.1) is 6.61 Å². The van der Waals surface area contributed by atoms with Gasteiger partial charge in [-0.15, -0.1) is 0 Å². The van der Waals surface area contributed by atoms with E-state index in [0.29, 0.717) is 31.5 Å². The number of amides is 1. The Morgan fingerprint density at radius 3 is 2.49 bits per heavy atom. The number of ether oxygens (including phenoxy) is 1. The van der Waals surface area contributed by atoms with Crippen molar-refractivity contribution in [2.45, 2.75) is 40.7 Å². The number of carbonyl (C=O) groups is 2. The molecule has 0 unspecified atom stereocenters. The zero-order chi connectivity index (χ0) is 25.4. The molecule has 0 aliphatic carbocycles. The van der Waals surface area contributed by atoms with Crippen molar-refractivity contribution in [3.05, 3.63) is 48.0 Å². The molecular formula is C28H39N3O4. The number of nitrogens with zero attached hydrogens (tertiary/aromatic N) is 2. The minimum Gasteiger partial charge on any atom is -0.493 e. The number of rotatable bonds is 6. The number of benzene rings is 2. The largest absolute Gasteiger partial charge is 0.493 e. The standard InChI is InChI=1S/C28H39N3O4/c1-20(2)17-30-13-6-11-29-12-14-31(27(32)28(33)34)18-24-10-9-23(16-26(24)30)22-7-5-8-25(15-22)35-19-21(3)4/h5,7-10,15-16,20-21,29H,6,11-14,17-19H2,1-4H3,(H,33,34). The van der Waals surface area contributed by atoms with Gasteiger partial charge in [-0.3, -0.25) is 4.79 Å². The average Bonchev–Trinajstić information content (AvgIpc) is 2.86. The number of carboxylic acids is 1. The van der Waals surface area contributed by atoms with Crippen LogP contribution < -0.4 is 15.0 Å². The molecule has 7 nitrogen and oxygen atoms in total. The predicted molar refractivity (Wildman–Crippen MR) is 140 cm³/mol. The third-order valence-electron chi connectivity index (χ3n) is 5.93. The quantitative estimate of drug-likeness (QED) is 0.600. The Labute approximate surface area is 209 Å². The molecule has 0 radical (unpaired) electrons. The van der Waals surface area contributed by atoms with Crippen LogP contribution >= 0.6 is 0 Å². The van der Waals surface area contributed by atoms with Gasteiger partial charge in [-0.05, 0) is 59.7 Å². The first kappa shape index (κ1) is 26.5. The molecule has 1 aliphatic heterocycles. The van der Waals surface area contributed by atoms with Crippen LogP contribution in [0.1, 0.15) is 39.7 Å². The maximum atomic E-state index is 12.4. The van der Waals surface area contributed by atoms with Crippen molar-refractivity contribution in [2.75, 3.05) is 44.2 Å². The van der Waals surface area contributed by atoms with Gasteiger partial charge in [-0.25, -0.2) is 4.79 Å².